The van der Waals surface area contributed by atoms with E-state index in [1.807, 2.05) is 6.07 Å². The average molecular weight is 222 g/mol. The third-order valence-electron chi connectivity index (χ3n) is 2.19. The van der Waals surface area contributed by atoms with Gasteiger partial charge in [0.05, 0.1) is 6.07 Å². The zero-order valence-electron chi connectivity index (χ0n) is 8.70. The number of ketones is 1. The molecule has 0 bridgehead atoms. The highest BCUT2D eigenvalue weighted by molar-refractivity contribution is 6.30. The summed E-state index contributed by atoms with van der Waals surface area (Å²) in [7, 11) is 0. The molecule has 0 radical (unpaired) electrons. The number of nitrogens with zero attached hydrogens (tertiary/aromatic N) is 1. The first-order chi connectivity index (χ1) is 7.06. The van der Waals surface area contributed by atoms with Gasteiger partial charge in [0.2, 0.25) is 0 Å². The zero-order valence-corrected chi connectivity index (χ0v) is 9.45. The normalized spacial score (nSPS) is 12.2. The minimum absolute atomic E-state index is 0.0557. The summed E-state index contributed by atoms with van der Waals surface area (Å²) in [5, 5.41) is 9.57. The SMILES string of the molecule is CC(C)C(=O)[C@@H](C#N)c1ccc(Cl)cc1. The first-order valence-corrected chi connectivity index (χ1v) is 5.13. The van der Waals surface area contributed by atoms with Gasteiger partial charge >= 0.3 is 0 Å². The second-order valence-electron chi connectivity index (χ2n) is 3.67. The molecule has 0 aliphatic carbocycles. The lowest BCUT2D eigenvalue weighted by atomic mass is 9.90. The number of carbonyl (C=O) groups excluding carboxylic acids is 1. The smallest absolute Gasteiger partial charge is 0.156 e. The van der Waals surface area contributed by atoms with Crippen molar-refractivity contribution in [2.75, 3.05) is 0 Å². The molecule has 0 fully saturated rings. The van der Waals surface area contributed by atoms with E-state index in [1.54, 1.807) is 38.1 Å². The number of halogens is 1. The lowest BCUT2D eigenvalue weighted by Gasteiger charge is -2.10. The molecule has 78 valence electrons. The van der Waals surface area contributed by atoms with E-state index in [2.05, 4.69) is 0 Å². The molecule has 1 rings (SSSR count). The van der Waals surface area contributed by atoms with Crippen LogP contribution in [-0.2, 0) is 4.79 Å². The summed E-state index contributed by atoms with van der Waals surface area (Å²) in [6, 6.07) is 8.84. The fourth-order valence-electron chi connectivity index (χ4n) is 1.29. The third-order valence-corrected chi connectivity index (χ3v) is 2.44. The molecule has 0 unspecified atom stereocenters. The zero-order chi connectivity index (χ0) is 11.4. The van der Waals surface area contributed by atoms with E-state index in [-0.39, 0.29) is 11.7 Å². The van der Waals surface area contributed by atoms with Crippen LogP contribution in [0.4, 0.5) is 0 Å². The highest BCUT2D eigenvalue weighted by Gasteiger charge is 2.22. The lowest BCUT2D eigenvalue weighted by molar-refractivity contribution is -0.122. The van der Waals surface area contributed by atoms with Crippen LogP contribution < -0.4 is 0 Å². The third kappa shape index (κ3) is 2.81. The Morgan fingerprint density at radius 1 is 1.33 bits per heavy atom. The van der Waals surface area contributed by atoms with Crippen LogP contribution in [0.15, 0.2) is 24.3 Å². The molecule has 0 N–H and O–H groups in total. The van der Waals surface area contributed by atoms with E-state index >= 15 is 0 Å². The summed E-state index contributed by atoms with van der Waals surface area (Å²) in [5.41, 5.74) is 0.709. The number of carbonyl (C=O) groups is 1. The van der Waals surface area contributed by atoms with Crippen LogP contribution in [0.25, 0.3) is 0 Å². The van der Waals surface area contributed by atoms with E-state index in [4.69, 9.17) is 16.9 Å². The van der Waals surface area contributed by atoms with Crippen LogP contribution in [0, 0.1) is 17.2 Å². The lowest BCUT2D eigenvalue weighted by Crippen LogP contribution is -2.16. The number of nitriles is 1. The van der Waals surface area contributed by atoms with Crippen LogP contribution in [0.3, 0.4) is 0 Å². The average Bonchev–Trinajstić information content (AvgIpc) is 2.21. The van der Waals surface area contributed by atoms with Gasteiger partial charge in [-0.3, -0.25) is 4.79 Å². The number of hydrogen-bond acceptors (Lipinski definition) is 2. The second-order valence-corrected chi connectivity index (χ2v) is 4.11. The van der Waals surface area contributed by atoms with Crippen molar-refractivity contribution in [3.05, 3.63) is 34.9 Å². The van der Waals surface area contributed by atoms with E-state index in [1.165, 1.54) is 0 Å². The summed E-state index contributed by atoms with van der Waals surface area (Å²) < 4.78 is 0. The molecule has 3 heteroatoms. The van der Waals surface area contributed by atoms with Gasteiger partial charge < -0.3 is 0 Å². The van der Waals surface area contributed by atoms with Crippen molar-refractivity contribution in [3.63, 3.8) is 0 Å². The Kier molecular flexibility index (Phi) is 3.88. The van der Waals surface area contributed by atoms with E-state index in [0.717, 1.165) is 0 Å². The maximum absolute atomic E-state index is 11.7. The largest absolute Gasteiger partial charge is 0.298 e. The minimum atomic E-state index is -0.678. The van der Waals surface area contributed by atoms with Crippen molar-refractivity contribution < 1.29 is 4.79 Å². The molecule has 2 nitrogen and oxygen atoms in total. The molecule has 0 saturated heterocycles. The molecule has 15 heavy (non-hydrogen) atoms. The number of benzene rings is 1. The van der Waals surface area contributed by atoms with Crippen molar-refractivity contribution in [1.29, 1.82) is 5.26 Å². The van der Waals surface area contributed by atoms with Crippen LogP contribution in [0.2, 0.25) is 5.02 Å². The Morgan fingerprint density at radius 2 is 1.87 bits per heavy atom. The molecule has 1 aromatic carbocycles. The Morgan fingerprint density at radius 3 is 2.27 bits per heavy atom. The molecular formula is C12H12ClNO. The van der Waals surface area contributed by atoms with Crippen LogP contribution in [0.5, 0.6) is 0 Å². The van der Waals surface area contributed by atoms with Crippen molar-refractivity contribution in [1.82, 2.24) is 0 Å². The van der Waals surface area contributed by atoms with Gasteiger partial charge in [-0.15, -0.1) is 0 Å². The monoisotopic (exact) mass is 221 g/mol. The van der Waals surface area contributed by atoms with Crippen molar-refractivity contribution in [2.45, 2.75) is 19.8 Å². The summed E-state index contributed by atoms with van der Waals surface area (Å²) in [4.78, 5) is 11.7. The molecule has 0 spiro atoms. The molecule has 0 aromatic heterocycles. The first kappa shape index (κ1) is 11.7. The number of hydrogen-bond donors (Lipinski definition) is 0. The molecule has 0 aliphatic heterocycles. The quantitative estimate of drug-likeness (QED) is 0.787. The summed E-state index contributed by atoms with van der Waals surface area (Å²) in [5.74, 6) is -0.868. The minimum Gasteiger partial charge on any atom is -0.298 e. The van der Waals surface area contributed by atoms with Gasteiger partial charge in [0.1, 0.15) is 5.92 Å². The van der Waals surface area contributed by atoms with Crippen molar-refractivity contribution in [2.24, 2.45) is 5.92 Å². The predicted molar refractivity (Wildman–Crippen MR) is 59.7 cm³/mol. The van der Waals surface area contributed by atoms with Crippen molar-refractivity contribution in [3.8, 4) is 6.07 Å². The summed E-state index contributed by atoms with van der Waals surface area (Å²) in [6.07, 6.45) is 0. The Labute approximate surface area is 94.5 Å². The van der Waals surface area contributed by atoms with Crippen LogP contribution in [0.1, 0.15) is 25.3 Å². The molecule has 0 saturated carbocycles. The maximum atomic E-state index is 11.7. The second kappa shape index (κ2) is 4.95. The van der Waals surface area contributed by atoms with Gasteiger partial charge in [0, 0.05) is 10.9 Å². The standard InChI is InChI=1S/C12H12ClNO/c1-8(2)12(15)11(7-14)9-3-5-10(13)6-4-9/h3-6,8,11H,1-2H3/t11-/m0/s1. The Bertz CT molecular complexity index is 389. The predicted octanol–water partition coefficient (Wildman–Crippen LogP) is 3.17. The van der Waals surface area contributed by atoms with Gasteiger partial charge in [0.25, 0.3) is 0 Å². The van der Waals surface area contributed by atoms with E-state index in [9.17, 15) is 4.79 Å². The highest BCUT2D eigenvalue weighted by Crippen LogP contribution is 2.21. The topological polar surface area (TPSA) is 40.9 Å². The Hall–Kier alpha value is -1.33. The van der Waals surface area contributed by atoms with Crippen molar-refractivity contribution >= 4 is 17.4 Å². The fourth-order valence-corrected chi connectivity index (χ4v) is 1.42. The molecule has 1 aromatic rings. The van der Waals surface area contributed by atoms with Crippen LogP contribution >= 0.6 is 11.6 Å². The summed E-state index contributed by atoms with van der Waals surface area (Å²) in [6.45, 7) is 3.59. The van der Waals surface area contributed by atoms with Gasteiger partial charge in [-0.05, 0) is 17.7 Å². The molecular weight excluding hydrogens is 210 g/mol. The highest BCUT2D eigenvalue weighted by atomic mass is 35.5. The first-order valence-electron chi connectivity index (χ1n) is 4.75. The van der Waals surface area contributed by atoms with Crippen LogP contribution in [-0.4, -0.2) is 5.78 Å². The molecule has 1 atom stereocenters. The number of Topliss-reactive ketones (excluding diaryl/α,β-unsaturated/α-hetero) is 1. The van der Waals surface area contributed by atoms with Gasteiger partial charge in [0.15, 0.2) is 5.78 Å². The van der Waals surface area contributed by atoms with Gasteiger partial charge in [-0.2, -0.15) is 5.26 Å². The summed E-state index contributed by atoms with van der Waals surface area (Å²) >= 11 is 5.73. The molecule has 0 amide bonds. The maximum Gasteiger partial charge on any atom is 0.156 e. The molecule has 0 heterocycles. The van der Waals surface area contributed by atoms with E-state index in [0.29, 0.717) is 10.6 Å². The number of rotatable bonds is 3. The molecule has 0 aliphatic rings. The van der Waals surface area contributed by atoms with Gasteiger partial charge in [-0.1, -0.05) is 37.6 Å². The van der Waals surface area contributed by atoms with Gasteiger partial charge in [-0.25, -0.2) is 0 Å². The fraction of sp³-hybridized carbons (Fsp3) is 0.333. The van der Waals surface area contributed by atoms with E-state index < -0.39 is 5.92 Å². The Balaban J connectivity index is 2.99.